The van der Waals surface area contributed by atoms with Gasteiger partial charge in [0.05, 0.1) is 15.5 Å². The zero-order valence-corrected chi connectivity index (χ0v) is 18.6. The highest BCUT2D eigenvalue weighted by Gasteiger charge is 2.34. The number of sulfonamides is 1. The molecule has 1 saturated heterocycles. The summed E-state index contributed by atoms with van der Waals surface area (Å²) < 4.78 is 65.8. The maximum atomic E-state index is 13.0. The van der Waals surface area contributed by atoms with Crippen molar-refractivity contribution in [3.8, 4) is 0 Å². The van der Waals surface area contributed by atoms with Crippen LogP contribution in [0.25, 0.3) is 0 Å². The lowest BCUT2D eigenvalue weighted by atomic mass is 10.2. The topological polar surface area (TPSA) is 82.6 Å². The van der Waals surface area contributed by atoms with Crippen LogP contribution in [0.2, 0.25) is 5.02 Å². The summed E-state index contributed by atoms with van der Waals surface area (Å²) >= 11 is 5.53. The Balaban J connectivity index is 1.48. The van der Waals surface area contributed by atoms with Crippen molar-refractivity contribution in [2.24, 2.45) is 0 Å². The summed E-state index contributed by atoms with van der Waals surface area (Å²) in [6.45, 7) is 2.94. The number of benzene rings is 1. The number of hydrogen-bond acceptors (Lipinski definition) is 5. The Morgan fingerprint density at radius 1 is 1.09 bits per heavy atom. The van der Waals surface area contributed by atoms with Gasteiger partial charge in [-0.1, -0.05) is 11.6 Å². The molecule has 0 radical (unpaired) electrons. The van der Waals surface area contributed by atoms with Gasteiger partial charge in [-0.15, -0.1) is 0 Å². The van der Waals surface area contributed by atoms with Gasteiger partial charge in [-0.25, -0.2) is 13.1 Å². The van der Waals surface area contributed by atoms with E-state index in [1.165, 1.54) is 0 Å². The largest absolute Gasteiger partial charge is 0.417 e. The van der Waals surface area contributed by atoms with Crippen LogP contribution in [0.15, 0.2) is 47.6 Å². The number of piperazine rings is 1. The molecule has 0 aliphatic carbocycles. The minimum atomic E-state index is -4.78. The van der Waals surface area contributed by atoms with E-state index in [9.17, 15) is 26.4 Å². The molecule has 1 aromatic heterocycles. The second-order valence-corrected chi connectivity index (χ2v) is 9.47. The molecule has 1 amide bonds. The quantitative estimate of drug-likeness (QED) is 0.645. The molecule has 0 atom stereocenters. The average Bonchev–Trinajstić information content (AvgIpc) is 2.74. The molecule has 1 aliphatic heterocycles. The van der Waals surface area contributed by atoms with Crippen LogP contribution in [0.5, 0.6) is 0 Å². The van der Waals surface area contributed by atoms with Gasteiger partial charge in [0.15, 0.2) is 0 Å². The van der Waals surface area contributed by atoms with Gasteiger partial charge in [-0.05, 0) is 35.9 Å². The number of aromatic nitrogens is 1. The predicted octanol–water partition coefficient (Wildman–Crippen LogP) is 2.77. The third-order valence-electron chi connectivity index (χ3n) is 5.07. The van der Waals surface area contributed by atoms with Gasteiger partial charge in [-0.3, -0.25) is 14.7 Å². The van der Waals surface area contributed by atoms with Crippen molar-refractivity contribution in [1.82, 2.24) is 19.5 Å². The molecule has 1 aromatic carbocycles. The van der Waals surface area contributed by atoms with Gasteiger partial charge in [0.25, 0.3) is 0 Å². The summed E-state index contributed by atoms with van der Waals surface area (Å²) in [7, 11) is -4.22. The van der Waals surface area contributed by atoms with Crippen molar-refractivity contribution in [3.05, 3.63) is 58.9 Å². The van der Waals surface area contributed by atoms with Crippen molar-refractivity contribution in [2.75, 3.05) is 32.7 Å². The minimum Gasteiger partial charge on any atom is -0.340 e. The fraction of sp³-hybridized carbons (Fsp3) is 0.400. The zero-order valence-electron chi connectivity index (χ0n) is 17.0. The van der Waals surface area contributed by atoms with Gasteiger partial charge in [0.2, 0.25) is 15.9 Å². The van der Waals surface area contributed by atoms with E-state index in [4.69, 9.17) is 11.6 Å². The van der Waals surface area contributed by atoms with Crippen molar-refractivity contribution in [3.63, 3.8) is 0 Å². The number of hydrogen-bond donors (Lipinski definition) is 1. The molecule has 32 heavy (non-hydrogen) atoms. The first kappa shape index (κ1) is 24.4. The van der Waals surface area contributed by atoms with E-state index in [0.717, 1.165) is 24.2 Å². The van der Waals surface area contributed by atoms with E-state index in [0.29, 0.717) is 32.2 Å². The smallest absolute Gasteiger partial charge is 0.340 e. The second-order valence-electron chi connectivity index (χ2n) is 7.30. The highest BCUT2D eigenvalue weighted by molar-refractivity contribution is 7.89. The molecule has 1 aliphatic rings. The number of carbonyl (C=O) groups is 1. The normalized spacial score (nSPS) is 15.7. The summed E-state index contributed by atoms with van der Waals surface area (Å²) in [6, 6.07) is 6.22. The SMILES string of the molecule is O=C(CCNS(=O)(=O)c1ccc(Cl)c(C(F)(F)F)c1)N1CCN(Cc2ccncc2)CC1. The van der Waals surface area contributed by atoms with Crippen LogP contribution in [0, 0.1) is 0 Å². The molecule has 3 rings (SSSR count). The van der Waals surface area contributed by atoms with Crippen LogP contribution < -0.4 is 4.72 Å². The van der Waals surface area contributed by atoms with Gasteiger partial charge >= 0.3 is 6.18 Å². The number of carbonyl (C=O) groups excluding carboxylic acids is 1. The van der Waals surface area contributed by atoms with E-state index in [1.54, 1.807) is 17.3 Å². The van der Waals surface area contributed by atoms with E-state index in [1.807, 2.05) is 12.1 Å². The molecule has 1 fully saturated rings. The van der Waals surface area contributed by atoms with E-state index in [-0.39, 0.29) is 18.9 Å². The summed E-state index contributed by atoms with van der Waals surface area (Å²) in [6.07, 6.45) is -1.42. The van der Waals surface area contributed by atoms with Crippen LogP contribution in [-0.2, 0) is 27.5 Å². The lowest BCUT2D eigenvalue weighted by Gasteiger charge is -2.34. The standard InChI is InChI=1S/C20H22ClF3N4O3S/c21-18-2-1-16(13-17(18)20(22,23)24)32(30,31)26-8-5-19(29)28-11-9-27(10-12-28)14-15-3-6-25-7-4-15/h1-4,6-7,13,26H,5,8-12,14H2. The molecule has 1 N–H and O–H groups in total. The first-order valence-corrected chi connectivity index (χ1v) is 11.7. The van der Waals surface area contributed by atoms with Gasteiger partial charge in [0.1, 0.15) is 0 Å². The number of alkyl halides is 3. The Morgan fingerprint density at radius 2 is 1.75 bits per heavy atom. The van der Waals surface area contributed by atoms with Crippen molar-refractivity contribution < 1.29 is 26.4 Å². The summed E-state index contributed by atoms with van der Waals surface area (Å²) in [4.78, 5) is 19.7. The molecular formula is C20H22ClF3N4O3S. The molecule has 2 aromatic rings. The molecule has 0 saturated carbocycles. The first-order chi connectivity index (χ1) is 15.1. The molecule has 0 spiro atoms. The Kier molecular flexibility index (Phi) is 7.75. The van der Waals surface area contributed by atoms with E-state index >= 15 is 0 Å². The third kappa shape index (κ3) is 6.41. The van der Waals surface area contributed by atoms with Crippen molar-refractivity contribution in [2.45, 2.75) is 24.0 Å². The lowest BCUT2D eigenvalue weighted by molar-refractivity contribution is -0.137. The molecule has 2 heterocycles. The number of pyridine rings is 1. The fourth-order valence-electron chi connectivity index (χ4n) is 3.32. The molecule has 7 nitrogen and oxygen atoms in total. The van der Waals surface area contributed by atoms with Gasteiger partial charge in [0, 0.05) is 58.1 Å². The van der Waals surface area contributed by atoms with Crippen LogP contribution in [0.1, 0.15) is 17.5 Å². The molecule has 12 heteroatoms. The maximum absolute atomic E-state index is 13.0. The number of rotatable bonds is 7. The van der Waals surface area contributed by atoms with Crippen LogP contribution >= 0.6 is 11.6 Å². The van der Waals surface area contributed by atoms with Gasteiger partial charge in [-0.2, -0.15) is 13.2 Å². The molecule has 0 bridgehead atoms. The Morgan fingerprint density at radius 3 is 2.38 bits per heavy atom. The summed E-state index contributed by atoms with van der Waals surface area (Å²) in [5, 5.41) is -0.588. The van der Waals surface area contributed by atoms with E-state index < -0.39 is 31.7 Å². The van der Waals surface area contributed by atoms with Crippen molar-refractivity contribution >= 4 is 27.5 Å². The first-order valence-electron chi connectivity index (χ1n) is 9.82. The highest BCUT2D eigenvalue weighted by Crippen LogP contribution is 2.35. The monoisotopic (exact) mass is 490 g/mol. The van der Waals surface area contributed by atoms with E-state index in [2.05, 4.69) is 14.6 Å². The molecular weight excluding hydrogens is 469 g/mol. The van der Waals surface area contributed by atoms with Crippen LogP contribution in [0.3, 0.4) is 0 Å². The highest BCUT2D eigenvalue weighted by atomic mass is 35.5. The van der Waals surface area contributed by atoms with Crippen LogP contribution in [0.4, 0.5) is 13.2 Å². The molecule has 0 unspecified atom stereocenters. The third-order valence-corrected chi connectivity index (χ3v) is 6.85. The number of nitrogens with one attached hydrogen (secondary N) is 1. The summed E-state index contributed by atoms with van der Waals surface area (Å²) in [5.41, 5.74) is -0.104. The number of halogens is 4. The Bertz CT molecular complexity index is 1040. The second kappa shape index (κ2) is 10.2. The lowest BCUT2D eigenvalue weighted by Crippen LogP contribution is -2.48. The summed E-state index contributed by atoms with van der Waals surface area (Å²) in [5.74, 6) is -0.219. The predicted molar refractivity (Wildman–Crippen MR) is 112 cm³/mol. The van der Waals surface area contributed by atoms with Crippen molar-refractivity contribution in [1.29, 1.82) is 0 Å². The zero-order chi connectivity index (χ0) is 23.4. The minimum absolute atomic E-state index is 0.0939. The number of amides is 1. The number of nitrogens with zero attached hydrogens (tertiary/aromatic N) is 3. The van der Waals surface area contributed by atoms with Crippen LogP contribution in [-0.4, -0.2) is 61.8 Å². The molecule has 174 valence electrons. The Hall–Kier alpha value is -2.21. The fourth-order valence-corrected chi connectivity index (χ4v) is 4.61. The van der Waals surface area contributed by atoms with Gasteiger partial charge < -0.3 is 4.90 Å². The maximum Gasteiger partial charge on any atom is 0.417 e. The Labute approximate surface area is 189 Å². The average molecular weight is 491 g/mol.